The van der Waals surface area contributed by atoms with E-state index in [1.165, 1.54) is 0 Å². The molecule has 3 amide bonds. The van der Waals surface area contributed by atoms with Crippen LogP contribution in [0, 0.1) is 12.8 Å². The van der Waals surface area contributed by atoms with Gasteiger partial charge < -0.3 is 14.7 Å². The van der Waals surface area contributed by atoms with Crippen LogP contribution in [0.5, 0.6) is 0 Å². The molecule has 2 N–H and O–H groups in total. The Morgan fingerprint density at radius 2 is 2.07 bits per heavy atom. The molecule has 0 radical (unpaired) electrons. The largest absolute Gasteiger partial charge is 0.357 e. The molecule has 4 rings (SSSR count). The SMILES string of the molecule is CC[C@@]1(C2CCN(c3ccc(-c4nc(C)no4)cn3)CC2)NC(=O)NC1=O. The van der Waals surface area contributed by atoms with Crippen molar-refractivity contribution in [3.05, 3.63) is 24.2 Å². The molecule has 0 aromatic carbocycles. The number of pyridine rings is 1. The molecule has 1 atom stereocenters. The average molecular weight is 370 g/mol. The third-order valence-electron chi connectivity index (χ3n) is 5.56. The number of hydrogen-bond donors (Lipinski definition) is 2. The zero-order valence-corrected chi connectivity index (χ0v) is 15.4. The zero-order valence-electron chi connectivity index (χ0n) is 15.4. The van der Waals surface area contributed by atoms with Crippen molar-refractivity contribution in [2.45, 2.75) is 38.6 Å². The molecule has 2 saturated heterocycles. The molecule has 2 aliphatic heterocycles. The van der Waals surface area contributed by atoms with Gasteiger partial charge in [0.05, 0.1) is 5.56 Å². The predicted octanol–water partition coefficient (Wildman–Crippen LogP) is 1.64. The van der Waals surface area contributed by atoms with Gasteiger partial charge in [-0.05, 0) is 44.2 Å². The van der Waals surface area contributed by atoms with Crippen LogP contribution in [0.1, 0.15) is 32.0 Å². The first kappa shape index (κ1) is 17.4. The lowest BCUT2D eigenvalue weighted by atomic mass is 9.76. The molecule has 2 aromatic heterocycles. The number of nitrogens with one attached hydrogen (secondary N) is 2. The van der Waals surface area contributed by atoms with Gasteiger partial charge in [0, 0.05) is 19.3 Å². The molecule has 0 bridgehead atoms. The van der Waals surface area contributed by atoms with Crippen molar-refractivity contribution >= 4 is 17.8 Å². The minimum atomic E-state index is -0.781. The summed E-state index contributed by atoms with van der Waals surface area (Å²) in [7, 11) is 0. The Morgan fingerprint density at radius 3 is 2.59 bits per heavy atom. The van der Waals surface area contributed by atoms with Crippen molar-refractivity contribution in [2.75, 3.05) is 18.0 Å². The number of nitrogens with zero attached hydrogens (tertiary/aromatic N) is 4. The van der Waals surface area contributed by atoms with E-state index in [0.717, 1.165) is 37.3 Å². The Kier molecular flexibility index (Phi) is 4.29. The normalized spacial score (nSPS) is 23.4. The number of amides is 3. The predicted molar refractivity (Wildman–Crippen MR) is 96.9 cm³/mol. The van der Waals surface area contributed by atoms with E-state index < -0.39 is 11.6 Å². The highest BCUT2D eigenvalue weighted by Crippen LogP contribution is 2.34. The summed E-state index contributed by atoms with van der Waals surface area (Å²) in [5.74, 6) is 1.83. The van der Waals surface area contributed by atoms with Crippen LogP contribution in [-0.4, -0.2) is 45.7 Å². The first-order chi connectivity index (χ1) is 13.0. The summed E-state index contributed by atoms with van der Waals surface area (Å²) in [6.07, 6.45) is 3.94. The van der Waals surface area contributed by atoms with Gasteiger partial charge in [-0.15, -0.1) is 0 Å². The van der Waals surface area contributed by atoms with Crippen LogP contribution < -0.4 is 15.5 Å². The molecule has 142 valence electrons. The van der Waals surface area contributed by atoms with Crippen molar-refractivity contribution in [2.24, 2.45) is 5.92 Å². The number of piperidine rings is 1. The Hall–Kier alpha value is -2.97. The van der Waals surface area contributed by atoms with Gasteiger partial charge in [-0.25, -0.2) is 9.78 Å². The smallest absolute Gasteiger partial charge is 0.322 e. The molecular weight excluding hydrogens is 348 g/mol. The average Bonchev–Trinajstić information content (AvgIpc) is 3.25. The van der Waals surface area contributed by atoms with Crippen molar-refractivity contribution in [3.8, 4) is 11.5 Å². The van der Waals surface area contributed by atoms with Crippen molar-refractivity contribution in [1.29, 1.82) is 0 Å². The first-order valence-electron chi connectivity index (χ1n) is 9.17. The number of carbonyl (C=O) groups is 2. The maximum Gasteiger partial charge on any atom is 0.322 e. The Labute approximate surface area is 156 Å². The zero-order chi connectivity index (χ0) is 19.0. The van der Waals surface area contributed by atoms with Crippen molar-refractivity contribution in [1.82, 2.24) is 25.8 Å². The second-order valence-corrected chi connectivity index (χ2v) is 7.05. The van der Waals surface area contributed by atoms with Crippen LogP contribution in [0.2, 0.25) is 0 Å². The summed E-state index contributed by atoms with van der Waals surface area (Å²) in [6, 6.07) is 3.46. The van der Waals surface area contributed by atoms with Crippen molar-refractivity contribution in [3.63, 3.8) is 0 Å². The topological polar surface area (TPSA) is 113 Å². The van der Waals surface area contributed by atoms with Crippen LogP contribution in [-0.2, 0) is 4.79 Å². The number of hydrogen-bond acceptors (Lipinski definition) is 7. The summed E-state index contributed by atoms with van der Waals surface area (Å²) in [6.45, 7) is 5.27. The second kappa shape index (κ2) is 6.64. The third-order valence-corrected chi connectivity index (χ3v) is 5.56. The molecule has 2 aliphatic rings. The van der Waals surface area contributed by atoms with Gasteiger partial charge in [0.2, 0.25) is 0 Å². The summed E-state index contributed by atoms with van der Waals surface area (Å²) in [5.41, 5.74) is 0.000482. The highest BCUT2D eigenvalue weighted by molar-refractivity contribution is 6.07. The molecule has 9 heteroatoms. The van der Waals surface area contributed by atoms with Crippen LogP contribution in [0.4, 0.5) is 10.6 Å². The summed E-state index contributed by atoms with van der Waals surface area (Å²) >= 11 is 0. The maximum atomic E-state index is 12.3. The number of anilines is 1. The molecular formula is C18H22N6O3. The molecule has 0 aliphatic carbocycles. The summed E-state index contributed by atoms with van der Waals surface area (Å²) in [4.78, 5) is 34.9. The fraction of sp³-hybridized carbons (Fsp3) is 0.500. The molecule has 0 saturated carbocycles. The van der Waals surface area contributed by atoms with E-state index in [1.54, 1.807) is 13.1 Å². The van der Waals surface area contributed by atoms with E-state index in [-0.39, 0.29) is 11.8 Å². The van der Waals surface area contributed by atoms with Crippen LogP contribution in [0.15, 0.2) is 22.9 Å². The van der Waals surface area contributed by atoms with Gasteiger partial charge in [0.25, 0.3) is 11.8 Å². The minimum Gasteiger partial charge on any atom is -0.357 e. The van der Waals surface area contributed by atoms with Crippen LogP contribution in [0.3, 0.4) is 0 Å². The van der Waals surface area contributed by atoms with Gasteiger partial charge in [-0.3, -0.25) is 10.1 Å². The third kappa shape index (κ3) is 3.02. The lowest BCUT2D eigenvalue weighted by molar-refractivity contribution is -0.126. The molecule has 0 spiro atoms. The molecule has 9 nitrogen and oxygen atoms in total. The van der Waals surface area contributed by atoms with Gasteiger partial charge in [-0.2, -0.15) is 4.98 Å². The number of carbonyl (C=O) groups excluding carboxylic acids is 2. The Morgan fingerprint density at radius 1 is 1.30 bits per heavy atom. The fourth-order valence-corrected chi connectivity index (χ4v) is 4.05. The van der Waals surface area contributed by atoms with Gasteiger partial charge >= 0.3 is 6.03 Å². The van der Waals surface area contributed by atoms with Crippen molar-refractivity contribution < 1.29 is 14.1 Å². The molecule has 27 heavy (non-hydrogen) atoms. The summed E-state index contributed by atoms with van der Waals surface area (Å²) in [5, 5.41) is 9.04. The van der Waals surface area contributed by atoms with E-state index >= 15 is 0 Å². The molecule has 0 unspecified atom stereocenters. The number of aryl methyl sites for hydroxylation is 1. The van der Waals surface area contributed by atoms with E-state index in [4.69, 9.17) is 4.52 Å². The van der Waals surface area contributed by atoms with Crippen LogP contribution in [0.25, 0.3) is 11.5 Å². The van der Waals surface area contributed by atoms with Gasteiger partial charge in [0.15, 0.2) is 5.82 Å². The quantitative estimate of drug-likeness (QED) is 0.787. The van der Waals surface area contributed by atoms with E-state index in [0.29, 0.717) is 18.1 Å². The van der Waals surface area contributed by atoms with E-state index in [2.05, 4.69) is 30.7 Å². The maximum absolute atomic E-state index is 12.3. The molecule has 2 fully saturated rings. The number of aromatic nitrogens is 3. The molecule has 4 heterocycles. The van der Waals surface area contributed by atoms with Gasteiger partial charge in [0.1, 0.15) is 11.4 Å². The van der Waals surface area contributed by atoms with Crippen LogP contribution >= 0.6 is 0 Å². The second-order valence-electron chi connectivity index (χ2n) is 7.05. The Bertz CT molecular complexity index is 856. The highest BCUT2D eigenvalue weighted by Gasteiger charge is 2.50. The minimum absolute atomic E-state index is 0.117. The number of imide groups is 1. The van der Waals surface area contributed by atoms with E-state index in [1.807, 2.05) is 19.1 Å². The first-order valence-corrected chi connectivity index (χ1v) is 9.17. The monoisotopic (exact) mass is 370 g/mol. The van der Waals surface area contributed by atoms with Gasteiger partial charge in [-0.1, -0.05) is 12.1 Å². The lowest BCUT2D eigenvalue weighted by Gasteiger charge is -2.40. The summed E-state index contributed by atoms with van der Waals surface area (Å²) < 4.78 is 5.16. The number of urea groups is 1. The Balaban J connectivity index is 1.43. The number of rotatable bonds is 4. The fourth-order valence-electron chi connectivity index (χ4n) is 4.05. The van der Waals surface area contributed by atoms with E-state index in [9.17, 15) is 9.59 Å². The lowest BCUT2D eigenvalue weighted by Crippen LogP contribution is -2.55. The molecule has 2 aromatic rings. The highest BCUT2D eigenvalue weighted by atomic mass is 16.5. The standard InChI is InChI=1S/C18H22N6O3/c1-3-18(16(25)21-17(26)22-18)13-6-8-24(9-7-13)14-5-4-12(10-19-14)15-20-11(2)23-27-15/h4-5,10,13H,3,6-9H2,1-2H3,(H2,21,22,25,26)/t18-/m0/s1.